The zero-order chi connectivity index (χ0) is 11.7. The van der Waals surface area contributed by atoms with Gasteiger partial charge in [-0.2, -0.15) is 13.2 Å². The number of rotatable bonds is 2. The van der Waals surface area contributed by atoms with Gasteiger partial charge in [-0.3, -0.25) is 0 Å². The molecule has 0 aromatic heterocycles. The second kappa shape index (κ2) is 4.53. The van der Waals surface area contributed by atoms with Gasteiger partial charge in [0.15, 0.2) is 0 Å². The van der Waals surface area contributed by atoms with Crippen LogP contribution in [0.15, 0.2) is 24.3 Å². The van der Waals surface area contributed by atoms with Gasteiger partial charge in [0.1, 0.15) is 0 Å². The van der Waals surface area contributed by atoms with Crippen LogP contribution >= 0.6 is 33.2 Å². The van der Waals surface area contributed by atoms with Crippen molar-refractivity contribution in [2.45, 2.75) is 12.2 Å². The van der Waals surface area contributed by atoms with Crippen LogP contribution in [0.1, 0.15) is 11.1 Å². The molecule has 1 aromatic rings. The van der Waals surface area contributed by atoms with E-state index in [0.29, 0.717) is 5.56 Å². The van der Waals surface area contributed by atoms with Gasteiger partial charge in [0.25, 0.3) is 0 Å². The lowest BCUT2D eigenvalue weighted by Gasteiger charge is -2.11. The number of halogens is 6. The summed E-state index contributed by atoms with van der Waals surface area (Å²) in [5, 5.41) is 0. The molecule has 1 aromatic carbocycles. The molecule has 0 saturated carbocycles. The van der Waals surface area contributed by atoms with Crippen molar-refractivity contribution in [1.82, 2.24) is 0 Å². The van der Waals surface area contributed by atoms with Crippen molar-refractivity contribution in [2.75, 3.05) is 0 Å². The second-order valence-corrected chi connectivity index (χ2v) is 12.1. The van der Waals surface area contributed by atoms with Crippen LogP contribution in [0.2, 0.25) is 0 Å². The highest BCUT2D eigenvalue weighted by Gasteiger charge is 2.31. The third-order valence-electron chi connectivity index (χ3n) is 1.66. The Labute approximate surface area is 100 Å². The van der Waals surface area contributed by atoms with Crippen molar-refractivity contribution < 1.29 is 13.2 Å². The minimum Gasteiger partial charge on any atom is -0.166 e. The van der Waals surface area contributed by atoms with Gasteiger partial charge in [0.2, 0.25) is 0 Å². The zero-order valence-corrected chi connectivity index (χ0v) is 10.6. The van der Waals surface area contributed by atoms with Crippen molar-refractivity contribution >= 4 is 39.2 Å². The van der Waals surface area contributed by atoms with Crippen molar-refractivity contribution in [3.8, 4) is 0 Å². The molecule has 7 heteroatoms. The molecule has 0 radical (unpaired) electrons. The van der Waals surface area contributed by atoms with Gasteiger partial charge >= 0.3 is 12.2 Å². The molecule has 15 heavy (non-hydrogen) atoms. The van der Waals surface area contributed by atoms with E-state index in [-0.39, 0.29) is 6.04 Å². The monoisotopic (exact) mass is 292 g/mol. The highest BCUT2D eigenvalue weighted by molar-refractivity contribution is 7.64. The van der Waals surface area contributed by atoms with Crippen LogP contribution in [0.4, 0.5) is 13.2 Å². The van der Waals surface area contributed by atoms with Crippen LogP contribution in [0.5, 0.6) is 0 Å². The van der Waals surface area contributed by atoms with Gasteiger partial charge in [0, 0.05) is 6.04 Å². The number of alkyl halides is 3. The minimum absolute atomic E-state index is 0.0849. The first-order valence-electron chi connectivity index (χ1n) is 3.91. The Balaban J connectivity index is 2.94. The number of benzene rings is 1. The molecule has 0 atom stereocenters. The maximum absolute atomic E-state index is 12.3. The molecule has 1 rings (SSSR count). The largest absolute Gasteiger partial charge is 0.416 e. The molecule has 84 valence electrons. The molecular formula is C8H6Cl3F3Si. The van der Waals surface area contributed by atoms with E-state index in [2.05, 4.69) is 0 Å². The minimum atomic E-state index is -4.36. The van der Waals surface area contributed by atoms with E-state index >= 15 is 0 Å². The molecule has 0 aliphatic rings. The van der Waals surface area contributed by atoms with Crippen LogP contribution in [-0.4, -0.2) is 6.00 Å². The molecule has 0 aliphatic heterocycles. The summed E-state index contributed by atoms with van der Waals surface area (Å²) in [6.45, 7) is 0. The lowest BCUT2D eigenvalue weighted by atomic mass is 10.1. The predicted octanol–water partition coefficient (Wildman–Crippen LogP) is 4.44. The average Bonchev–Trinajstić information content (AvgIpc) is 1.99. The van der Waals surface area contributed by atoms with Crippen molar-refractivity contribution in [3.63, 3.8) is 0 Å². The fourth-order valence-electron chi connectivity index (χ4n) is 1.09. The predicted molar refractivity (Wildman–Crippen MR) is 58.5 cm³/mol. The highest BCUT2D eigenvalue weighted by Crippen LogP contribution is 2.31. The Morgan fingerprint density at radius 2 is 1.73 bits per heavy atom. The Morgan fingerprint density at radius 3 is 2.20 bits per heavy atom. The van der Waals surface area contributed by atoms with Crippen molar-refractivity contribution in [3.05, 3.63) is 35.4 Å². The van der Waals surface area contributed by atoms with Gasteiger partial charge in [-0.15, -0.1) is 33.2 Å². The standard InChI is InChI=1S/C8H6Cl3F3Si/c9-15(10,11)5-6-2-1-3-7(4-6)8(12,13)14/h1-4H,5H2. The van der Waals surface area contributed by atoms with Gasteiger partial charge < -0.3 is 0 Å². The molecular weight excluding hydrogens is 288 g/mol. The third-order valence-corrected chi connectivity index (χ3v) is 3.67. The van der Waals surface area contributed by atoms with E-state index in [0.717, 1.165) is 12.1 Å². The molecule has 0 aliphatic carbocycles. The Kier molecular flexibility index (Phi) is 3.98. The number of hydrogen-bond donors (Lipinski definition) is 0. The molecule has 0 nitrogen and oxygen atoms in total. The van der Waals surface area contributed by atoms with Crippen LogP contribution in [0, 0.1) is 0 Å². The topological polar surface area (TPSA) is 0 Å². The first kappa shape index (κ1) is 13.2. The summed E-state index contributed by atoms with van der Waals surface area (Å²) in [4.78, 5) is 0. The van der Waals surface area contributed by atoms with Gasteiger partial charge in [0.05, 0.1) is 5.56 Å². The van der Waals surface area contributed by atoms with E-state index in [1.165, 1.54) is 12.1 Å². The average molecular weight is 294 g/mol. The molecule has 0 heterocycles. The van der Waals surface area contributed by atoms with Crippen LogP contribution < -0.4 is 0 Å². The first-order chi connectivity index (χ1) is 6.68. The van der Waals surface area contributed by atoms with Crippen molar-refractivity contribution in [2.24, 2.45) is 0 Å². The van der Waals surface area contributed by atoms with E-state index in [1.54, 1.807) is 0 Å². The van der Waals surface area contributed by atoms with Gasteiger partial charge in [-0.1, -0.05) is 18.2 Å². The van der Waals surface area contributed by atoms with E-state index in [1.807, 2.05) is 0 Å². The molecule has 0 saturated heterocycles. The summed E-state index contributed by atoms with van der Waals surface area (Å²) in [5.41, 5.74) is -0.320. The van der Waals surface area contributed by atoms with E-state index in [9.17, 15) is 13.2 Å². The molecule has 0 bridgehead atoms. The Hall–Kier alpha value is 0.0969. The maximum atomic E-state index is 12.3. The lowest BCUT2D eigenvalue weighted by Crippen LogP contribution is -2.15. The summed E-state index contributed by atoms with van der Waals surface area (Å²) in [6.07, 6.45) is -4.36. The van der Waals surface area contributed by atoms with Crippen molar-refractivity contribution in [1.29, 1.82) is 0 Å². The molecule has 0 N–H and O–H groups in total. The smallest absolute Gasteiger partial charge is 0.166 e. The van der Waals surface area contributed by atoms with E-state index < -0.39 is 17.7 Å². The summed E-state index contributed by atoms with van der Waals surface area (Å²) in [7, 11) is 0. The Bertz CT molecular complexity index is 346. The summed E-state index contributed by atoms with van der Waals surface area (Å²) < 4.78 is 36.9. The lowest BCUT2D eigenvalue weighted by molar-refractivity contribution is -0.137. The Morgan fingerprint density at radius 1 is 1.13 bits per heavy atom. The maximum Gasteiger partial charge on any atom is 0.416 e. The van der Waals surface area contributed by atoms with Crippen LogP contribution in [0.3, 0.4) is 0 Å². The van der Waals surface area contributed by atoms with Gasteiger partial charge in [-0.05, 0) is 11.6 Å². The van der Waals surface area contributed by atoms with Crippen LogP contribution in [-0.2, 0) is 12.2 Å². The summed E-state index contributed by atoms with van der Waals surface area (Å²) in [6, 6.07) is 1.98. The highest BCUT2D eigenvalue weighted by atomic mass is 35.8. The fraction of sp³-hybridized carbons (Fsp3) is 0.250. The SMILES string of the molecule is FC(F)(F)c1cccc(C[Si](Cl)(Cl)Cl)c1. The number of hydrogen-bond acceptors (Lipinski definition) is 0. The zero-order valence-electron chi connectivity index (χ0n) is 7.28. The van der Waals surface area contributed by atoms with Gasteiger partial charge in [-0.25, -0.2) is 0 Å². The summed E-state index contributed by atoms with van der Waals surface area (Å²) in [5.74, 6) is 0. The fourth-order valence-corrected chi connectivity index (χ4v) is 3.16. The normalized spacial score (nSPS) is 12.9. The second-order valence-electron chi connectivity index (χ2n) is 2.99. The summed E-state index contributed by atoms with van der Waals surface area (Å²) >= 11 is 16.9. The molecule has 0 fully saturated rings. The first-order valence-corrected chi connectivity index (χ1v) is 9.16. The molecule has 0 spiro atoms. The molecule has 0 amide bonds. The third kappa shape index (κ3) is 4.63. The quantitative estimate of drug-likeness (QED) is 0.558. The molecule has 0 unspecified atom stereocenters. The van der Waals surface area contributed by atoms with Crippen LogP contribution in [0.25, 0.3) is 0 Å². The van der Waals surface area contributed by atoms with E-state index in [4.69, 9.17) is 33.2 Å².